The van der Waals surface area contributed by atoms with Gasteiger partial charge < -0.3 is 5.11 Å². The molecule has 2 atom stereocenters. The summed E-state index contributed by atoms with van der Waals surface area (Å²) in [6.45, 7) is 6.67. The number of carbonyl (C=O) groups is 1. The van der Waals surface area contributed by atoms with Crippen LogP contribution >= 0.6 is 0 Å². The van der Waals surface area contributed by atoms with Gasteiger partial charge in [0.25, 0.3) is 0 Å². The van der Waals surface area contributed by atoms with E-state index < -0.39 is 5.97 Å². The molecule has 0 bridgehead atoms. The molecule has 2 rings (SSSR count). The Morgan fingerprint density at radius 1 is 1.21 bits per heavy atom. The third-order valence-electron chi connectivity index (χ3n) is 4.25. The predicted molar refractivity (Wildman–Crippen MR) is 77.5 cm³/mol. The van der Waals surface area contributed by atoms with Gasteiger partial charge in [0.15, 0.2) is 0 Å². The molecule has 2 heteroatoms. The topological polar surface area (TPSA) is 37.3 Å². The smallest absolute Gasteiger partial charge is 0.303 e. The maximum absolute atomic E-state index is 10.8. The van der Waals surface area contributed by atoms with Crippen LogP contribution in [0.4, 0.5) is 0 Å². The average molecular weight is 260 g/mol. The van der Waals surface area contributed by atoms with Crippen LogP contribution in [0.2, 0.25) is 0 Å². The highest BCUT2D eigenvalue weighted by atomic mass is 16.4. The minimum Gasteiger partial charge on any atom is -0.481 e. The molecule has 1 saturated carbocycles. The second-order valence-electron chi connectivity index (χ2n) is 6.85. The van der Waals surface area contributed by atoms with Crippen LogP contribution in [0.1, 0.15) is 63.5 Å². The molecule has 1 fully saturated rings. The van der Waals surface area contributed by atoms with E-state index in [1.54, 1.807) is 0 Å². The second-order valence-corrected chi connectivity index (χ2v) is 6.85. The molecule has 1 aliphatic rings. The Hall–Kier alpha value is -1.31. The van der Waals surface area contributed by atoms with Crippen molar-refractivity contribution in [2.75, 3.05) is 0 Å². The minimum absolute atomic E-state index is 0.194. The molecular formula is C17H24O2. The van der Waals surface area contributed by atoms with E-state index in [0.29, 0.717) is 18.3 Å². The number of carboxylic acids is 1. The molecule has 0 aromatic heterocycles. The molecule has 0 aliphatic heterocycles. The highest BCUT2D eigenvalue weighted by molar-refractivity contribution is 5.67. The van der Waals surface area contributed by atoms with Gasteiger partial charge in [-0.25, -0.2) is 0 Å². The highest BCUT2D eigenvalue weighted by Gasteiger charge is 2.27. The fourth-order valence-corrected chi connectivity index (χ4v) is 3.07. The summed E-state index contributed by atoms with van der Waals surface area (Å²) in [6, 6.07) is 8.91. The lowest BCUT2D eigenvalue weighted by Gasteiger charge is -2.20. The summed E-state index contributed by atoms with van der Waals surface area (Å²) in [6.07, 6.45) is 3.54. The van der Waals surface area contributed by atoms with E-state index in [-0.39, 0.29) is 5.41 Å². The fraction of sp³-hybridized carbons (Fsp3) is 0.588. The van der Waals surface area contributed by atoms with Crippen LogP contribution in [0, 0.1) is 5.92 Å². The molecule has 2 nitrogen and oxygen atoms in total. The van der Waals surface area contributed by atoms with Crippen molar-refractivity contribution in [1.29, 1.82) is 0 Å². The molecule has 1 N–H and O–H groups in total. The van der Waals surface area contributed by atoms with Crippen LogP contribution in [0.25, 0.3) is 0 Å². The molecule has 0 spiro atoms. The van der Waals surface area contributed by atoms with Crippen LogP contribution in [0.15, 0.2) is 24.3 Å². The van der Waals surface area contributed by atoms with Gasteiger partial charge in [0.1, 0.15) is 0 Å². The van der Waals surface area contributed by atoms with E-state index in [1.807, 2.05) is 0 Å². The van der Waals surface area contributed by atoms with Gasteiger partial charge in [-0.05, 0) is 47.6 Å². The van der Waals surface area contributed by atoms with Crippen molar-refractivity contribution >= 4 is 5.97 Å². The number of hydrogen-bond donors (Lipinski definition) is 1. The minimum atomic E-state index is -0.659. The number of rotatable bonds is 3. The normalized spacial score (nSPS) is 23.5. The van der Waals surface area contributed by atoms with Gasteiger partial charge in [-0.1, -0.05) is 45.0 Å². The summed E-state index contributed by atoms with van der Waals surface area (Å²) in [4.78, 5) is 10.8. The molecule has 0 saturated heterocycles. The Labute approximate surface area is 115 Å². The first kappa shape index (κ1) is 14.1. The number of benzene rings is 1. The van der Waals surface area contributed by atoms with Crippen LogP contribution < -0.4 is 0 Å². The molecule has 0 heterocycles. The summed E-state index contributed by atoms with van der Waals surface area (Å²) in [5.41, 5.74) is 2.93. The van der Waals surface area contributed by atoms with Crippen molar-refractivity contribution < 1.29 is 9.90 Å². The molecular weight excluding hydrogens is 236 g/mol. The maximum atomic E-state index is 10.8. The lowest BCUT2D eigenvalue weighted by atomic mass is 9.85. The Morgan fingerprint density at radius 2 is 1.84 bits per heavy atom. The van der Waals surface area contributed by atoms with Crippen LogP contribution in [-0.4, -0.2) is 11.1 Å². The number of aliphatic carboxylic acids is 1. The molecule has 0 radical (unpaired) electrons. The third-order valence-corrected chi connectivity index (χ3v) is 4.25. The molecule has 1 aromatic rings. The zero-order valence-corrected chi connectivity index (χ0v) is 12.1. The van der Waals surface area contributed by atoms with Crippen LogP contribution in [0.5, 0.6) is 0 Å². The molecule has 104 valence electrons. The fourth-order valence-electron chi connectivity index (χ4n) is 3.07. The lowest BCUT2D eigenvalue weighted by molar-refractivity contribution is -0.138. The van der Waals surface area contributed by atoms with Crippen molar-refractivity contribution in [3.05, 3.63) is 35.4 Å². The molecule has 1 aliphatic carbocycles. The Balaban J connectivity index is 2.02. The SMILES string of the molecule is CC(C)(C)c1ccc(C2CCC(CC(=O)O)C2)cc1. The van der Waals surface area contributed by atoms with E-state index in [2.05, 4.69) is 45.0 Å². The van der Waals surface area contributed by atoms with Crippen molar-refractivity contribution in [3.8, 4) is 0 Å². The Kier molecular flexibility index (Phi) is 3.98. The molecule has 19 heavy (non-hydrogen) atoms. The summed E-state index contributed by atoms with van der Waals surface area (Å²) in [7, 11) is 0. The summed E-state index contributed by atoms with van der Waals surface area (Å²) < 4.78 is 0. The highest BCUT2D eigenvalue weighted by Crippen LogP contribution is 2.40. The van der Waals surface area contributed by atoms with Crippen LogP contribution in [-0.2, 0) is 10.2 Å². The largest absolute Gasteiger partial charge is 0.481 e. The van der Waals surface area contributed by atoms with Gasteiger partial charge in [-0.15, -0.1) is 0 Å². The summed E-state index contributed by atoms with van der Waals surface area (Å²) in [5.74, 6) is 0.261. The van der Waals surface area contributed by atoms with E-state index in [9.17, 15) is 4.79 Å². The van der Waals surface area contributed by atoms with Gasteiger partial charge in [-0.3, -0.25) is 4.79 Å². The van der Waals surface area contributed by atoms with E-state index in [0.717, 1.165) is 19.3 Å². The van der Waals surface area contributed by atoms with Crippen molar-refractivity contribution in [2.24, 2.45) is 5.92 Å². The molecule has 0 amide bonds. The quantitative estimate of drug-likeness (QED) is 0.877. The van der Waals surface area contributed by atoms with Crippen LogP contribution in [0.3, 0.4) is 0 Å². The van der Waals surface area contributed by atoms with Gasteiger partial charge in [0.2, 0.25) is 0 Å². The number of carboxylic acid groups (broad SMARTS) is 1. The van der Waals surface area contributed by atoms with Gasteiger partial charge in [-0.2, -0.15) is 0 Å². The maximum Gasteiger partial charge on any atom is 0.303 e. The zero-order chi connectivity index (χ0) is 14.0. The van der Waals surface area contributed by atoms with Gasteiger partial charge in [0, 0.05) is 6.42 Å². The van der Waals surface area contributed by atoms with E-state index in [1.165, 1.54) is 11.1 Å². The summed E-state index contributed by atoms with van der Waals surface area (Å²) in [5, 5.41) is 8.86. The van der Waals surface area contributed by atoms with Gasteiger partial charge >= 0.3 is 5.97 Å². The predicted octanol–water partition coefficient (Wildman–Crippen LogP) is 4.34. The van der Waals surface area contributed by atoms with Crippen molar-refractivity contribution in [3.63, 3.8) is 0 Å². The van der Waals surface area contributed by atoms with Crippen molar-refractivity contribution in [2.45, 2.75) is 57.8 Å². The molecule has 2 unspecified atom stereocenters. The average Bonchev–Trinajstić information content (AvgIpc) is 2.75. The third kappa shape index (κ3) is 3.59. The first-order chi connectivity index (χ1) is 8.86. The summed E-state index contributed by atoms with van der Waals surface area (Å²) >= 11 is 0. The second kappa shape index (κ2) is 5.36. The number of hydrogen-bond acceptors (Lipinski definition) is 1. The first-order valence-electron chi connectivity index (χ1n) is 7.18. The van der Waals surface area contributed by atoms with E-state index in [4.69, 9.17) is 5.11 Å². The lowest BCUT2D eigenvalue weighted by Crippen LogP contribution is -2.11. The van der Waals surface area contributed by atoms with E-state index >= 15 is 0 Å². The van der Waals surface area contributed by atoms with Gasteiger partial charge in [0.05, 0.1) is 0 Å². The zero-order valence-electron chi connectivity index (χ0n) is 12.1. The Morgan fingerprint density at radius 3 is 2.37 bits per heavy atom. The van der Waals surface area contributed by atoms with Crippen molar-refractivity contribution in [1.82, 2.24) is 0 Å². The first-order valence-corrected chi connectivity index (χ1v) is 7.18. The molecule has 1 aromatic carbocycles. The Bertz CT molecular complexity index is 439. The monoisotopic (exact) mass is 260 g/mol. The standard InChI is InChI=1S/C17H24O2/c1-17(2,3)15-8-6-13(7-9-15)14-5-4-12(10-14)11-16(18)19/h6-9,12,14H,4-5,10-11H2,1-3H3,(H,18,19).